The number of unbranched alkanes of at least 4 members (excludes halogenated alkanes) is 1. The fourth-order valence-corrected chi connectivity index (χ4v) is 8.18. The number of morpholine rings is 1. The van der Waals surface area contributed by atoms with E-state index in [2.05, 4.69) is 100 Å². The minimum absolute atomic E-state index is 0.0246. The van der Waals surface area contributed by atoms with E-state index in [0.29, 0.717) is 29.7 Å². The van der Waals surface area contributed by atoms with Crippen LogP contribution in [0.1, 0.15) is 64.0 Å². The third-order valence-electron chi connectivity index (χ3n) is 10.2. The van der Waals surface area contributed by atoms with Gasteiger partial charge in [0.1, 0.15) is 5.72 Å². The molecule has 6 heteroatoms. The molecular weight excluding hydrogens is 620 g/mol. The van der Waals surface area contributed by atoms with E-state index in [1.54, 1.807) is 0 Å². The van der Waals surface area contributed by atoms with Gasteiger partial charge in [0.05, 0.1) is 25.9 Å². The molecule has 4 nitrogen and oxygen atoms in total. The number of nitrogens with zero attached hydrogens (tertiary/aromatic N) is 1. The van der Waals surface area contributed by atoms with E-state index in [1.165, 1.54) is 34.9 Å². The molecule has 5 aliphatic rings. The lowest BCUT2D eigenvalue weighted by Crippen LogP contribution is -2.53. The van der Waals surface area contributed by atoms with Crippen molar-refractivity contribution in [1.82, 2.24) is 10.2 Å². The second-order valence-electron chi connectivity index (χ2n) is 13.0. The van der Waals surface area contributed by atoms with Crippen LogP contribution in [0.5, 0.6) is 0 Å². The zero-order valence-electron chi connectivity index (χ0n) is 25.6. The molecule has 0 spiro atoms. The SMILES string of the molecule is CCCC#CC1C=CC(C(NC2(C3CCC(N4CCOCC4)CC3C3C=CC(Br)=CC3)CO2)c2ccc(Cl)cc2)=CC1C. The summed E-state index contributed by atoms with van der Waals surface area (Å²) in [4.78, 5) is 2.69. The van der Waals surface area contributed by atoms with Crippen LogP contribution in [0.2, 0.25) is 5.02 Å². The summed E-state index contributed by atoms with van der Waals surface area (Å²) < 4.78 is 13.4. The quantitative estimate of drug-likeness (QED) is 0.224. The molecule has 43 heavy (non-hydrogen) atoms. The van der Waals surface area contributed by atoms with Crippen molar-refractivity contribution < 1.29 is 9.47 Å². The van der Waals surface area contributed by atoms with Gasteiger partial charge in [-0.25, -0.2) is 0 Å². The molecule has 8 atom stereocenters. The lowest BCUT2D eigenvalue weighted by molar-refractivity contribution is -0.0233. The molecule has 8 unspecified atom stereocenters. The fourth-order valence-electron chi connectivity index (χ4n) is 7.72. The van der Waals surface area contributed by atoms with Crippen molar-refractivity contribution >= 4 is 27.5 Å². The maximum Gasteiger partial charge on any atom is 0.146 e. The lowest BCUT2D eigenvalue weighted by Gasteiger charge is -2.47. The number of ether oxygens (including phenoxy) is 2. The molecule has 0 amide bonds. The van der Waals surface area contributed by atoms with E-state index in [9.17, 15) is 0 Å². The molecule has 1 aromatic rings. The summed E-state index contributed by atoms with van der Waals surface area (Å²) in [6, 6.07) is 9.00. The van der Waals surface area contributed by atoms with Crippen molar-refractivity contribution in [1.29, 1.82) is 0 Å². The summed E-state index contributed by atoms with van der Waals surface area (Å²) in [5.41, 5.74) is 2.19. The van der Waals surface area contributed by atoms with Crippen molar-refractivity contribution in [3.63, 3.8) is 0 Å². The van der Waals surface area contributed by atoms with Gasteiger partial charge in [-0.2, -0.15) is 0 Å². The molecule has 2 saturated heterocycles. The highest BCUT2D eigenvalue weighted by molar-refractivity contribution is 9.11. The van der Waals surface area contributed by atoms with Gasteiger partial charge in [0, 0.05) is 46.9 Å². The predicted octanol–water partition coefficient (Wildman–Crippen LogP) is 8.22. The Balaban J connectivity index is 1.27. The Morgan fingerprint density at radius 2 is 1.93 bits per heavy atom. The Morgan fingerprint density at radius 1 is 1.14 bits per heavy atom. The Bertz CT molecular complexity index is 1300. The van der Waals surface area contributed by atoms with Crippen molar-refractivity contribution in [2.24, 2.45) is 29.6 Å². The van der Waals surface area contributed by atoms with E-state index in [4.69, 9.17) is 21.1 Å². The van der Waals surface area contributed by atoms with Gasteiger partial charge in [0.15, 0.2) is 0 Å². The third-order valence-corrected chi connectivity index (χ3v) is 11.1. The molecule has 6 rings (SSSR count). The molecule has 0 aromatic heterocycles. The number of rotatable bonds is 8. The molecule has 3 aliphatic carbocycles. The zero-order valence-corrected chi connectivity index (χ0v) is 28.0. The standard InChI is InChI=1S/C37H46BrClN2O2/c1-3-4-5-6-27-7-8-30(23-26(27)2)36(29-11-15-32(39)16-12-29)40-37(25-43-37)35-18-17-33(41-19-21-42-22-20-41)24-34(35)28-9-13-31(38)14-10-28/h7-9,11-16,23,26-28,33-36,40H,3-4,10,17-22,24-25H2,1-2H3. The Labute approximate surface area is 272 Å². The zero-order chi connectivity index (χ0) is 29.8. The van der Waals surface area contributed by atoms with Gasteiger partial charge in [-0.05, 0) is 73.1 Å². The Hall–Kier alpha value is -1.65. The number of halogens is 2. The van der Waals surface area contributed by atoms with Gasteiger partial charge in [0.2, 0.25) is 0 Å². The fraction of sp³-hybridized carbons (Fsp3) is 0.568. The van der Waals surface area contributed by atoms with Gasteiger partial charge in [-0.15, -0.1) is 5.92 Å². The Kier molecular flexibility index (Phi) is 10.3. The third kappa shape index (κ3) is 7.43. The molecule has 2 aliphatic heterocycles. The van der Waals surface area contributed by atoms with E-state index < -0.39 is 0 Å². The van der Waals surface area contributed by atoms with E-state index >= 15 is 0 Å². The van der Waals surface area contributed by atoms with E-state index in [0.717, 1.165) is 57.2 Å². The van der Waals surface area contributed by atoms with Gasteiger partial charge < -0.3 is 9.47 Å². The summed E-state index contributed by atoms with van der Waals surface area (Å²) in [7, 11) is 0. The topological polar surface area (TPSA) is 37.0 Å². The molecule has 2 heterocycles. The number of allylic oxidation sites excluding steroid dienone is 6. The van der Waals surface area contributed by atoms with E-state index in [1.807, 2.05) is 12.1 Å². The number of benzene rings is 1. The first kappa shape index (κ1) is 31.3. The van der Waals surface area contributed by atoms with Crippen molar-refractivity contribution in [2.45, 2.75) is 70.2 Å². The van der Waals surface area contributed by atoms with Crippen LogP contribution in [0.4, 0.5) is 0 Å². The van der Waals surface area contributed by atoms with Crippen LogP contribution in [-0.2, 0) is 9.47 Å². The molecule has 1 N–H and O–H groups in total. The predicted molar refractivity (Wildman–Crippen MR) is 180 cm³/mol. The van der Waals surface area contributed by atoms with Gasteiger partial charge in [-0.3, -0.25) is 10.2 Å². The molecule has 3 fully saturated rings. The van der Waals surface area contributed by atoms with Crippen LogP contribution in [0, 0.1) is 41.4 Å². The monoisotopic (exact) mass is 664 g/mol. The summed E-state index contributed by atoms with van der Waals surface area (Å²) in [6.45, 7) is 9.05. The average molecular weight is 666 g/mol. The van der Waals surface area contributed by atoms with Crippen LogP contribution in [0.15, 0.2) is 70.8 Å². The van der Waals surface area contributed by atoms with Crippen molar-refractivity contribution in [3.05, 3.63) is 81.4 Å². The summed E-state index contributed by atoms with van der Waals surface area (Å²) in [6.07, 6.45) is 20.8. The highest BCUT2D eigenvalue weighted by atomic mass is 79.9. The van der Waals surface area contributed by atoms with Crippen molar-refractivity contribution in [3.8, 4) is 11.8 Å². The maximum absolute atomic E-state index is 6.55. The highest BCUT2D eigenvalue weighted by Crippen LogP contribution is 2.51. The highest BCUT2D eigenvalue weighted by Gasteiger charge is 2.57. The second kappa shape index (κ2) is 14.2. The molecule has 0 bridgehead atoms. The number of hydrogen-bond donors (Lipinski definition) is 1. The number of hydrogen-bond acceptors (Lipinski definition) is 4. The summed E-state index contributed by atoms with van der Waals surface area (Å²) in [5, 5.41) is 4.90. The van der Waals surface area contributed by atoms with Crippen LogP contribution in [0.25, 0.3) is 0 Å². The summed E-state index contributed by atoms with van der Waals surface area (Å²) in [5.74, 6) is 8.99. The smallest absolute Gasteiger partial charge is 0.146 e. The largest absolute Gasteiger partial charge is 0.379 e. The molecular formula is C37H46BrClN2O2. The number of epoxide rings is 1. The van der Waals surface area contributed by atoms with Crippen LogP contribution >= 0.6 is 27.5 Å². The van der Waals surface area contributed by atoms with Crippen LogP contribution in [0.3, 0.4) is 0 Å². The minimum atomic E-state index is -0.327. The maximum atomic E-state index is 6.55. The average Bonchev–Trinajstić information content (AvgIpc) is 3.82. The van der Waals surface area contributed by atoms with Gasteiger partial charge in [0.25, 0.3) is 0 Å². The molecule has 230 valence electrons. The first-order chi connectivity index (χ1) is 21.0. The van der Waals surface area contributed by atoms with Gasteiger partial charge in [-0.1, -0.05) is 95.9 Å². The van der Waals surface area contributed by atoms with Crippen LogP contribution < -0.4 is 5.32 Å². The first-order valence-corrected chi connectivity index (χ1v) is 17.5. The van der Waals surface area contributed by atoms with Crippen molar-refractivity contribution in [2.75, 3.05) is 32.9 Å². The van der Waals surface area contributed by atoms with Crippen LogP contribution in [-0.4, -0.2) is 49.6 Å². The Morgan fingerprint density at radius 3 is 2.60 bits per heavy atom. The molecule has 1 saturated carbocycles. The summed E-state index contributed by atoms with van der Waals surface area (Å²) >= 11 is 10.0. The van der Waals surface area contributed by atoms with Gasteiger partial charge >= 0.3 is 0 Å². The first-order valence-electron chi connectivity index (χ1n) is 16.4. The molecule has 0 radical (unpaired) electrons. The lowest BCUT2D eigenvalue weighted by atomic mass is 9.66. The molecule has 1 aromatic carbocycles. The number of nitrogens with one attached hydrogen (secondary N) is 1. The minimum Gasteiger partial charge on any atom is -0.379 e. The second-order valence-corrected chi connectivity index (χ2v) is 14.4. The normalized spacial score (nSPS) is 35.0. The van der Waals surface area contributed by atoms with E-state index in [-0.39, 0.29) is 17.7 Å².